The van der Waals surface area contributed by atoms with Gasteiger partial charge in [-0.15, -0.1) is 0 Å². The molecule has 0 unspecified atom stereocenters. The third-order valence-corrected chi connectivity index (χ3v) is 13.3. The Hall–Kier alpha value is -1.85. The molecule has 0 aromatic rings. The monoisotopic (exact) mass is 917 g/mol. The lowest BCUT2D eigenvalue weighted by atomic mass is 10.0. The molecule has 6 nitrogen and oxygen atoms in total. The Bertz CT molecular complexity index is 1010. The topological polar surface area (TPSA) is 78.9 Å². The zero-order valence-corrected chi connectivity index (χ0v) is 44.0. The van der Waals surface area contributed by atoms with E-state index in [-0.39, 0.29) is 31.1 Å². The number of ether oxygens (including phenoxy) is 3. The maximum absolute atomic E-state index is 12.8. The van der Waals surface area contributed by atoms with E-state index < -0.39 is 6.10 Å². The Morgan fingerprint density at radius 2 is 0.508 bits per heavy atom. The molecule has 384 valence electrons. The maximum atomic E-state index is 12.8. The van der Waals surface area contributed by atoms with Crippen molar-refractivity contribution in [3.63, 3.8) is 0 Å². The van der Waals surface area contributed by atoms with Gasteiger partial charge in [-0.1, -0.05) is 277 Å². The van der Waals surface area contributed by atoms with Gasteiger partial charge < -0.3 is 14.2 Å². The summed E-state index contributed by atoms with van der Waals surface area (Å²) in [7, 11) is 0. The molecule has 0 heterocycles. The van der Waals surface area contributed by atoms with Gasteiger partial charge in [-0.2, -0.15) is 0 Å². The predicted octanol–water partition coefficient (Wildman–Crippen LogP) is 19.3. The van der Waals surface area contributed by atoms with Gasteiger partial charge in [-0.25, -0.2) is 0 Å². The number of esters is 3. The number of carbonyl (C=O) groups excluding carboxylic acids is 3. The molecule has 0 aromatic carbocycles. The summed E-state index contributed by atoms with van der Waals surface area (Å²) in [6, 6.07) is 0. The van der Waals surface area contributed by atoms with Crippen LogP contribution >= 0.6 is 0 Å². The standard InChI is InChI=1S/C59H112O6/c1-4-7-10-13-16-19-22-24-26-27-28-29-30-31-33-34-37-40-43-46-49-52-58(61)64-55-56(54-63-57(60)51-48-45-42-39-36-21-18-15-12-9-6-3)65-59(62)53-50-47-44-41-38-35-32-25-23-20-17-14-11-8-5-2/h24,26,56H,4-23,25,27-55H2,1-3H3/b26-24-/t56-/m0/s1. The van der Waals surface area contributed by atoms with Gasteiger partial charge in [-0.05, 0) is 44.9 Å². The minimum atomic E-state index is -0.763. The van der Waals surface area contributed by atoms with Crippen LogP contribution in [0.1, 0.15) is 329 Å². The Balaban J connectivity index is 4.24. The van der Waals surface area contributed by atoms with Crippen molar-refractivity contribution >= 4 is 17.9 Å². The van der Waals surface area contributed by atoms with E-state index in [1.807, 2.05) is 0 Å². The van der Waals surface area contributed by atoms with Crippen LogP contribution in [-0.4, -0.2) is 37.2 Å². The molecule has 0 aliphatic rings. The second-order valence-electron chi connectivity index (χ2n) is 19.9. The summed E-state index contributed by atoms with van der Waals surface area (Å²) in [5.74, 6) is -0.842. The molecule has 0 spiro atoms. The normalized spacial score (nSPS) is 12.0. The first-order valence-corrected chi connectivity index (χ1v) is 29.2. The Morgan fingerprint density at radius 1 is 0.292 bits per heavy atom. The van der Waals surface area contributed by atoms with Gasteiger partial charge in [0, 0.05) is 19.3 Å². The molecule has 0 aromatic heterocycles. The summed E-state index contributed by atoms with van der Waals surface area (Å²) in [6.07, 6.45) is 62.0. The molecule has 0 amide bonds. The van der Waals surface area contributed by atoms with E-state index in [1.165, 1.54) is 231 Å². The van der Waals surface area contributed by atoms with Gasteiger partial charge in [0.1, 0.15) is 13.2 Å². The number of rotatable bonds is 54. The van der Waals surface area contributed by atoms with Gasteiger partial charge >= 0.3 is 17.9 Å². The molecule has 65 heavy (non-hydrogen) atoms. The van der Waals surface area contributed by atoms with E-state index in [0.29, 0.717) is 19.3 Å². The average molecular weight is 918 g/mol. The van der Waals surface area contributed by atoms with Crippen LogP contribution < -0.4 is 0 Å². The zero-order valence-electron chi connectivity index (χ0n) is 44.0. The van der Waals surface area contributed by atoms with E-state index in [4.69, 9.17) is 14.2 Å². The zero-order chi connectivity index (χ0) is 47.2. The van der Waals surface area contributed by atoms with E-state index >= 15 is 0 Å². The molecule has 0 bridgehead atoms. The summed E-state index contributed by atoms with van der Waals surface area (Å²) >= 11 is 0. The quantitative estimate of drug-likeness (QED) is 0.0262. The third-order valence-electron chi connectivity index (χ3n) is 13.3. The molecule has 0 saturated carbocycles. The fourth-order valence-electron chi connectivity index (χ4n) is 8.85. The van der Waals surface area contributed by atoms with E-state index in [1.54, 1.807) is 0 Å². The molecule has 1 atom stereocenters. The lowest BCUT2D eigenvalue weighted by molar-refractivity contribution is -0.167. The first-order chi connectivity index (χ1) is 32.0. The highest BCUT2D eigenvalue weighted by Crippen LogP contribution is 2.17. The van der Waals surface area contributed by atoms with Crippen molar-refractivity contribution in [1.82, 2.24) is 0 Å². The van der Waals surface area contributed by atoms with Crippen LogP contribution in [-0.2, 0) is 28.6 Å². The molecule has 0 aliphatic carbocycles. The lowest BCUT2D eigenvalue weighted by Crippen LogP contribution is -2.30. The van der Waals surface area contributed by atoms with Crippen molar-refractivity contribution < 1.29 is 28.6 Å². The first-order valence-electron chi connectivity index (χ1n) is 29.2. The minimum Gasteiger partial charge on any atom is -0.462 e. The third kappa shape index (κ3) is 53.0. The number of unbranched alkanes of at least 4 members (excludes halogenated alkanes) is 41. The van der Waals surface area contributed by atoms with E-state index in [0.717, 1.165) is 57.8 Å². The smallest absolute Gasteiger partial charge is 0.306 e. The highest BCUT2D eigenvalue weighted by molar-refractivity contribution is 5.71. The van der Waals surface area contributed by atoms with Crippen LogP contribution in [0.3, 0.4) is 0 Å². The summed E-state index contributed by atoms with van der Waals surface area (Å²) in [4.78, 5) is 38.1. The molecule has 0 radical (unpaired) electrons. The van der Waals surface area contributed by atoms with E-state index in [9.17, 15) is 14.4 Å². The van der Waals surface area contributed by atoms with E-state index in [2.05, 4.69) is 32.9 Å². The van der Waals surface area contributed by atoms with Crippen molar-refractivity contribution in [2.45, 2.75) is 335 Å². The van der Waals surface area contributed by atoms with Crippen LogP contribution in [0.15, 0.2) is 12.2 Å². The highest BCUT2D eigenvalue weighted by atomic mass is 16.6. The van der Waals surface area contributed by atoms with Gasteiger partial charge in [0.2, 0.25) is 0 Å². The first kappa shape index (κ1) is 63.1. The number of hydrogen-bond acceptors (Lipinski definition) is 6. The molecule has 0 aliphatic heterocycles. The number of hydrogen-bond donors (Lipinski definition) is 0. The predicted molar refractivity (Wildman–Crippen MR) is 280 cm³/mol. The molecular weight excluding hydrogens is 805 g/mol. The van der Waals surface area contributed by atoms with Gasteiger partial charge in [0.15, 0.2) is 6.10 Å². The largest absolute Gasteiger partial charge is 0.462 e. The van der Waals surface area contributed by atoms with Crippen LogP contribution in [0.5, 0.6) is 0 Å². The summed E-state index contributed by atoms with van der Waals surface area (Å²) < 4.78 is 16.9. The fraction of sp³-hybridized carbons (Fsp3) is 0.915. The average Bonchev–Trinajstić information content (AvgIpc) is 3.30. The molecule has 6 heteroatoms. The van der Waals surface area contributed by atoms with Gasteiger partial charge in [-0.3, -0.25) is 14.4 Å². The highest BCUT2D eigenvalue weighted by Gasteiger charge is 2.19. The second kappa shape index (κ2) is 54.8. The summed E-state index contributed by atoms with van der Waals surface area (Å²) in [5.41, 5.74) is 0. The molecule has 0 fully saturated rings. The van der Waals surface area contributed by atoms with Crippen molar-refractivity contribution in [1.29, 1.82) is 0 Å². The maximum Gasteiger partial charge on any atom is 0.306 e. The number of allylic oxidation sites excluding steroid dienone is 2. The van der Waals surface area contributed by atoms with Crippen molar-refractivity contribution in [2.75, 3.05) is 13.2 Å². The summed E-state index contributed by atoms with van der Waals surface area (Å²) in [5, 5.41) is 0. The van der Waals surface area contributed by atoms with Gasteiger partial charge in [0.25, 0.3) is 0 Å². The molecule has 0 rings (SSSR count). The van der Waals surface area contributed by atoms with Crippen LogP contribution in [0.2, 0.25) is 0 Å². The SMILES string of the molecule is CCCCCCCC/C=C\CCCCCCCCCCCCCC(=O)OC[C@H](COC(=O)CCCCCCCCCCCCC)OC(=O)CCCCCCCCCCCCCCCCC. The summed E-state index contributed by atoms with van der Waals surface area (Å²) in [6.45, 7) is 6.68. The van der Waals surface area contributed by atoms with Crippen molar-refractivity contribution in [2.24, 2.45) is 0 Å². The number of carbonyl (C=O) groups is 3. The lowest BCUT2D eigenvalue weighted by Gasteiger charge is -2.18. The molecule has 0 N–H and O–H groups in total. The Morgan fingerprint density at radius 3 is 0.769 bits per heavy atom. The van der Waals surface area contributed by atoms with Crippen LogP contribution in [0, 0.1) is 0 Å². The fourth-order valence-corrected chi connectivity index (χ4v) is 8.85. The molecular formula is C59H112O6. The Kier molecular flexibility index (Phi) is 53.2. The van der Waals surface area contributed by atoms with Crippen molar-refractivity contribution in [3.05, 3.63) is 12.2 Å². The van der Waals surface area contributed by atoms with Crippen LogP contribution in [0.4, 0.5) is 0 Å². The Labute approximate surface area is 405 Å². The van der Waals surface area contributed by atoms with Crippen molar-refractivity contribution in [3.8, 4) is 0 Å². The van der Waals surface area contributed by atoms with Crippen LogP contribution in [0.25, 0.3) is 0 Å². The minimum absolute atomic E-state index is 0.0640. The molecule has 0 saturated heterocycles. The second-order valence-corrected chi connectivity index (χ2v) is 19.9. The van der Waals surface area contributed by atoms with Gasteiger partial charge in [0.05, 0.1) is 0 Å².